The van der Waals surface area contributed by atoms with E-state index >= 15 is 0 Å². The van der Waals surface area contributed by atoms with Crippen molar-refractivity contribution in [2.75, 3.05) is 25.4 Å². The first kappa shape index (κ1) is 22.4. The number of nitrogen functional groups attached to an aromatic ring is 1. The molecule has 1 unspecified atom stereocenters. The third-order valence-electron chi connectivity index (χ3n) is 5.83. The molecule has 2 aromatic heterocycles. The van der Waals surface area contributed by atoms with Gasteiger partial charge in [-0.3, -0.25) is 14.6 Å². The summed E-state index contributed by atoms with van der Waals surface area (Å²) < 4.78 is 0. The molecule has 0 spiro atoms. The van der Waals surface area contributed by atoms with Crippen molar-refractivity contribution in [1.29, 1.82) is 0 Å². The Morgan fingerprint density at radius 3 is 2.70 bits per heavy atom. The normalized spacial score (nSPS) is 16.2. The zero-order chi connectivity index (χ0) is 23.4. The second-order valence-electron chi connectivity index (χ2n) is 8.20. The fourth-order valence-electron chi connectivity index (χ4n) is 4.33. The molecule has 8 nitrogen and oxygen atoms in total. The number of hydrogen-bond donors (Lipinski definition) is 1. The molecule has 1 saturated heterocycles. The minimum atomic E-state index is -0.632. The molecule has 2 amide bonds. The van der Waals surface area contributed by atoms with Gasteiger partial charge in [0, 0.05) is 49.7 Å². The highest BCUT2D eigenvalue weighted by molar-refractivity contribution is 5.97. The van der Waals surface area contributed by atoms with E-state index in [1.807, 2.05) is 48.2 Å². The summed E-state index contributed by atoms with van der Waals surface area (Å²) >= 11 is 0. The average molecular weight is 445 g/mol. The van der Waals surface area contributed by atoms with E-state index in [0.717, 1.165) is 23.1 Å². The van der Waals surface area contributed by atoms with E-state index in [0.29, 0.717) is 31.7 Å². The fourth-order valence-corrected chi connectivity index (χ4v) is 4.33. The number of benzene rings is 1. The molecule has 1 aromatic carbocycles. The Labute approximate surface area is 193 Å². The van der Waals surface area contributed by atoms with Gasteiger partial charge in [0.1, 0.15) is 11.7 Å². The molecule has 2 N–H and O–H groups in total. The molecular formula is C25H28N6O2. The molecule has 4 rings (SSSR count). The number of aromatic nitrogens is 3. The number of carbonyl (C=O) groups excluding carboxylic acids is 2. The Morgan fingerprint density at radius 1 is 1.15 bits per heavy atom. The molecule has 3 heterocycles. The SMILES string of the molecule is CCCN1CCN(C(=O)c2cc(C)nc(N)n2)C(Cc2ccccc2-c2cccnc2)C1=O. The number of nitrogens with zero attached hydrogens (tertiary/aromatic N) is 5. The fraction of sp³-hybridized carbons (Fsp3) is 0.320. The van der Waals surface area contributed by atoms with Crippen LogP contribution in [0.4, 0.5) is 5.95 Å². The van der Waals surface area contributed by atoms with Crippen LogP contribution >= 0.6 is 0 Å². The van der Waals surface area contributed by atoms with Crippen molar-refractivity contribution in [2.45, 2.75) is 32.7 Å². The average Bonchev–Trinajstić information content (AvgIpc) is 2.82. The Bertz CT molecular complexity index is 1130. The number of pyridine rings is 1. The standard InChI is InChI=1S/C25H28N6O2/c1-3-11-30-12-13-31(23(32)21-14-17(2)28-25(26)29-21)22(24(30)33)15-18-7-4-5-9-20(18)19-8-6-10-27-16-19/h4-10,14,16,22H,3,11-13,15H2,1-2H3,(H2,26,28,29). The predicted octanol–water partition coefficient (Wildman–Crippen LogP) is 2.73. The predicted molar refractivity (Wildman–Crippen MR) is 126 cm³/mol. The lowest BCUT2D eigenvalue weighted by molar-refractivity contribution is -0.140. The smallest absolute Gasteiger partial charge is 0.273 e. The van der Waals surface area contributed by atoms with E-state index in [9.17, 15) is 9.59 Å². The summed E-state index contributed by atoms with van der Waals surface area (Å²) in [6.45, 7) is 5.41. The van der Waals surface area contributed by atoms with Crippen molar-refractivity contribution in [1.82, 2.24) is 24.8 Å². The number of anilines is 1. The highest BCUT2D eigenvalue weighted by Crippen LogP contribution is 2.27. The van der Waals surface area contributed by atoms with Crippen LogP contribution in [0.15, 0.2) is 54.9 Å². The van der Waals surface area contributed by atoms with Crippen LogP contribution in [0.1, 0.15) is 35.1 Å². The van der Waals surface area contributed by atoms with Crippen molar-refractivity contribution in [3.05, 3.63) is 71.8 Å². The molecule has 0 saturated carbocycles. The summed E-state index contributed by atoms with van der Waals surface area (Å²) in [5.41, 5.74) is 9.56. The monoisotopic (exact) mass is 444 g/mol. The van der Waals surface area contributed by atoms with Crippen molar-refractivity contribution in [2.24, 2.45) is 0 Å². The molecule has 1 aliphatic rings. The van der Waals surface area contributed by atoms with E-state index in [4.69, 9.17) is 5.73 Å². The quantitative estimate of drug-likeness (QED) is 0.627. The van der Waals surface area contributed by atoms with Gasteiger partial charge in [0.2, 0.25) is 11.9 Å². The van der Waals surface area contributed by atoms with Gasteiger partial charge in [0.05, 0.1) is 0 Å². The Balaban J connectivity index is 1.70. The van der Waals surface area contributed by atoms with Crippen LogP contribution in [0.25, 0.3) is 11.1 Å². The largest absolute Gasteiger partial charge is 0.368 e. The van der Waals surface area contributed by atoms with Crippen LogP contribution in [-0.2, 0) is 11.2 Å². The molecule has 33 heavy (non-hydrogen) atoms. The molecule has 3 aromatic rings. The second kappa shape index (κ2) is 9.77. The summed E-state index contributed by atoms with van der Waals surface area (Å²) in [6.07, 6.45) is 4.80. The number of aryl methyl sites for hydroxylation is 1. The first-order valence-electron chi connectivity index (χ1n) is 11.2. The van der Waals surface area contributed by atoms with E-state index in [1.54, 1.807) is 30.3 Å². The lowest BCUT2D eigenvalue weighted by atomic mass is 9.93. The van der Waals surface area contributed by atoms with Crippen LogP contribution in [0, 0.1) is 6.92 Å². The van der Waals surface area contributed by atoms with Gasteiger partial charge < -0.3 is 15.5 Å². The number of hydrogen-bond acceptors (Lipinski definition) is 6. The van der Waals surface area contributed by atoms with Gasteiger partial charge >= 0.3 is 0 Å². The Hall–Kier alpha value is -3.81. The van der Waals surface area contributed by atoms with Crippen LogP contribution in [0.2, 0.25) is 0 Å². The minimum absolute atomic E-state index is 0.0452. The van der Waals surface area contributed by atoms with E-state index in [1.165, 1.54) is 0 Å². The van der Waals surface area contributed by atoms with E-state index in [-0.39, 0.29) is 23.5 Å². The first-order valence-corrected chi connectivity index (χ1v) is 11.2. The maximum atomic E-state index is 13.5. The van der Waals surface area contributed by atoms with E-state index in [2.05, 4.69) is 15.0 Å². The number of rotatable bonds is 6. The van der Waals surface area contributed by atoms with Gasteiger partial charge in [0.25, 0.3) is 5.91 Å². The van der Waals surface area contributed by atoms with Crippen molar-refractivity contribution in [3.63, 3.8) is 0 Å². The van der Waals surface area contributed by atoms with Crippen LogP contribution < -0.4 is 5.73 Å². The third-order valence-corrected chi connectivity index (χ3v) is 5.83. The molecule has 1 fully saturated rings. The van der Waals surface area contributed by atoms with Gasteiger partial charge in [-0.25, -0.2) is 9.97 Å². The molecule has 170 valence electrons. The Kier molecular flexibility index (Phi) is 6.63. The molecule has 1 aliphatic heterocycles. The topological polar surface area (TPSA) is 105 Å². The second-order valence-corrected chi connectivity index (χ2v) is 8.20. The maximum Gasteiger partial charge on any atom is 0.273 e. The van der Waals surface area contributed by atoms with Crippen LogP contribution in [-0.4, -0.2) is 62.2 Å². The lowest BCUT2D eigenvalue weighted by Gasteiger charge is -2.40. The molecule has 0 bridgehead atoms. The number of nitrogens with two attached hydrogens (primary N) is 1. The van der Waals surface area contributed by atoms with Gasteiger partial charge in [-0.05, 0) is 36.6 Å². The molecule has 8 heteroatoms. The third kappa shape index (κ3) is 4.84. The van der Waals surface area contributed by atoms with Gasteiger partial charge in [-0.1, -0.05) is 37.3 Å². The van der Waals surface area contributed by atoms with Crippen molar-refractivity contribution in [3.8, 4) is 11.1 Å². The highest BCUT2D eigenvalue weighted by Gasteiger charge is 2.38. The molecular weight excluding hydrogens is 416 g/mol. The minimum Gasteiger partial charge on any atom is -0.368 e. The van der Waals surface area contributed by atoms with Crippen molar-refractivity contribution < 1.29 is 9.59 Å². The summed E-state index contributed by atoms with van der Waals surface area (Å²) in [7, 11) is 0. The van der Waals surface area contributed by atoms with Crippen LogP contribution in [0.3, 0.4) is 0 Å². The summed E-state index contributed by atoms with van der Waals surface area (Å²) in [6, 6.07) is 12.8. The van der Waals surface area contributed by atoms with Gasteiger partial charge in [0.15, 0.2) is 0 Å². The van der Waals surface area contributed by atoms with E-state index < -0.39 is 6.04 Å². The zero-order valence-electron chi connectivity index (χ0n) is 18.9. The maximum absolute atomic E-state index is 13.5. The lowest BCUT2D eigenvalue weighted by Crippen LogP contribution is -2.59. The first-order chi connectivity index (χ1) is 16.0. The highest BCUT2D eigenvalue weighted by atomic mass is 16.2. The molecule has 0 aliphatic carbocycles. The number of piperazine rings is 1. The summed E-state index contributed by atoms with van der Waals surface area (Å²) in [4.78, 5) is 42.9. The zero-order valence-corrected chi connectivity index (χ0v) is 18.9. The van der Waals surface area contributed by atoms with Gasteiger partial charge in [-0.2, -0.15) is 0 Å². The number of amides is 2. The Morgan fingerprint density at radius 2 is 1.97 bits per heavy atom. The number of carbonyl (C=O) groups is 2. The molecule has 0 radical (unpaired) electrons. The van der Waals surface area contributed by atoms with Crippen LogP contribution in [0.5, 0.6) is 0 Å². The van der Waals surface area contributed by atoms with Crippen molar-refractivity contribution >= 4 is 17.8 Å². The molecule has 1 atom stereocenters. The summed E-state index contributed by atoms with van der Waals surface area (Å²) in [5.74, 6) is -0.301. The van der Waals surface area contributed by atoms with Gasteiger partial charge in [-0.15, -0.1) is 0 Å². The summed E-state index contributed by atoms with van der Waals surface area (Å²) in [5, 5.41) is 0.